The summed E-state index contributed by atoms with van der Waals surface area (Å²) in [6, 6.07) is 15.7. The first kappa shape index (κ1) is 18.2. The molecule has 0 spiro atoms. The Balaban J connectivity index is 1.86. The average molecular weight is 340 g/mol. The highest BCUT2D eigenvalue weighted by molar-refractivity contribution is 5.93. The second kappa shape index (κ2) is 8.63. The molecule has 6 heteroatoms. The molecule has 0 aromatic heterocycles. The third-order valence-corrected chi connectivity index (χ3v) is 3.40. The van der Waals surface area contributed by atoms with Crippen molar-refractivity contribution in [1.29, 1.82) is 0 Å². The van der Waals surface area contributed by atoms with E-state index in [1.165, 1.54) is 26.0 Å². The molecule has 0 unspecified atom stereocenters. The van der Waals surface area contributed by atoms with E-state index in [4.69, 9.17) is 4.74 Å². The van der Waals surface area contributed by atoms with Crippen LogP contribution in [0.4, 0.5) is 5.69 Å². The van der Waals surface area contributed by atoms with Gasteiger partial charge in [0, 0.05) is 19.2 Å². The predicted molar refractivity (Wildman–Crippen MR) is 93.9 cm³/mol. The van der Waals surface area contributed by atoms with Crippen LogP contribution in [-0.2, 0) is 20.9 Å². The van der Waals surface area contributed by atoms with Gasteiger partial charge >= 0.3 is 5.97 Å². The van der Waals surface area contributed by atoms with Gasteiger partial charge in [-0.25, -0.2) is 4.79 Å². The summed E-state index contributed by atoms with van der Waals surface area (Å²) in [5.74, 6) is -1.16. The lowest BCUT2D eigenvalue weighted by molar-refractivity contribution is -0.129. The van der Waals surface area contributed by atoms with Crippen molar-refractivity contribution in [1.82, 2.24) is 5.32 Å². The summed E-state index contributed by atoms with van der Waals surface area (Å²) in [4.78, 5) is 35.1. The summed E-state index contributed by atoms with van der Waals surface area (Å²) in [6.07, 6.45) is -0.911. The van der Waals surface area contributed by atoms with E-state index in [-0.39, 0.29) is 11.8 Å². The Morgan fingerprint density at radius 3 is 2.24 bits per heavy atom. The topological polar surface area (TPSA) is 84.5 Å². The van der Waals surface area contributed by atoms with Gasteiger partial charge in [-0.2, -0.15) is 0 Å². The van der Waals surface area contributed by atoms with E-state index >= 15 is 0 Å². The van der Waals surface area contributed by atoms with Gasteiger partial charge in [-0.15, -0.1) is 0 Å². The van der Waals surface area contributed by atoms with Crippen molar-refractivity contribution in [2.75, 3.05) is 5.32 Å². The van der Waals surface area contributed by atoms with E-state index < -0.39 is 12.1 Å². The van der Waals surface area contributed by atoms with E-state index in [2.05, 4.69) is 10.6 Å². The van der Waals surface area contributed by atoms with Gasteiger partial charge in [0.25, 0.3) is 5.91 Å². The molecule has 0 bridgehead atoms. The molecule has 0 saturated heterocycles. The molecule has 25 heavy (non-hydrogen) atoms. The molecule has 2 N–H and O–H groups in total. The third-order valence-electron chi connectivity index (χ3n) is 3.40. The number of benzene rings is 2. The molecular weight excluding hydrogens is 320 g/mol. The lowest BCUT2D eigenvalue weighted by Gasteiger charge is -2.14. The zero-order valence-corrected chi connectivity index (χ0v) is 14.1. The molecule has 130 valence electrons. The van der Waals surface area contributed by atoms with Gasteiger partial charge in [-0.3, -0.25) is 9.59 Å². The maximum atomic E-state index is 12.1. The van der Waals surface area contributed by atoms with Gasteiger partial charge < -0.3 is 15.4 Å². The van der Waals surface area contributed by atoms with Gasteiger partial charge in [0.05, 0.1) is 5.56 Å². The van der Waals surface area contributed by atoms with Gasteiger partial charge in [-0.1, -0.05) is 30.3 Å². The number of ether oxygens (including phenoxy) is 1. The molecule has 2 rings (SSSR count). The maximum Gasteiger partial charge on any atom is 0.338 e. The Hall–Kier alpha value is -3.15. The van der Waals surface area contributed by atoms with Gasteiger partial charge in [-0.05, 0) is 36.8 Å². The largest absolute Gasteiger partial charge is 0.449 e. The van der Waals surface area contributed by atoms with Crippen molar-refractivity contribution in [2.45, 2.75) is 26.5 Å². The number of hydrogen-bond acceptors (Lipinski definition) is 4. The Bertz CT molecular complexity index is 742. The summed E-state index contributed by atoms with van der Waals surface area (Å²) >= 11 is 0. The summed E-state index contributed by atoms with van der Waals surface area (Å²) in [5.41, 5.74) is 1.84. The number of carbonyl (C=O) groups is 3. The molecule has 0 aliphatic heterocycles. The Kier molecular flexibility index (Phi) is 6.28. The van der Waals surface area contributed by atoms with E-state index in [0.29, 0.717) is 17.8 Å². The van der Waals surface area contributed by atoms with Crippen LogP contribution >= 0.6 is 0 Å². The van der Waals surface area contributed by atoms with E-state index in [0.717, 1.165) is 5.56 Å². The standard InChI is InChI=1S/C19H20N2O4/c1-13(18(23)20-12-15-6-4-3-5-7-15)25-19(24)16-8-10-17(11-9-16)21-14(2)22/h3-11,13H,12H2,1-2H3,(H,20,23)(H,21,22)/t13-/m0/s1. The molecule has 0 fully saturated rings. The molecular formula is C19H20N2O4. The van der Waals surface area contributed by atoms with Crippen LogP contribution in [0.1, 0.15) is 29.8 Å². The number of hydrogen-bond donors (Lipinski definition) is 2. The smallest absolute Gasteiger partial charge is 0.338 e. The van der Waals surface area contributed by atoms with E-state index in [9.17, 15) is 14.4 Å². The third kappa shape index (κ3) is 5.76. The average Bonchev–Trinajstić information content (AvgIpc) is 2.60. The highest BCUT2D eigenvalue weighted by Gasteiger charge is 2.18. The minimum absolute atomic E-state index is 0.195. The summed E-state index contributed by atoms with van der Waals surface area (Å²) in [5, 5.41) is 5.33. The van der Waals surface area contributed by atoms with Crippen molar-refractivity contribution in [2.24, 2.45) is 0 Å². The maximum absolute atomic E-state index is 12.1. The Morgan fingerprint density at radius 2 is 1.64 bits per heavy atom. The van der Waals surface area contributed by atoms with Crippen molar-refractivity contribution < 1.29 is 19.1 Å². The zero-order chi connectivity index (χ0) is 18.2. The van der Waals surface area contributed by atoms with Crippen molar-refractivity contribution in [3.63, 3.8) is 0 Å². The van der Waals surface area contributed by atoms with Crippen molar-refractivity contribution >= 4 is 23.5 Å². The van der Waals surface area contributed by atoms with Crippen LogP contribution in [0.5, 0.6) is 0 Å². The number of amides is 2. The Labute approximate surface area is 146 Å². The number of rotatable bonds is 6. The number of esters is 1. The summed E-state index contributed by atoms with van der Waals surface area (Å²) in [7, 11) is 0. The molecule has 6 nitrogen and oxygen atoms in total. The minimum atomic E-state index is -0.911. The van der Waals surface area contributed by atoms with Crippen LogP contribution in [0.15, 0.2) is 54.6 Å². The fourth-order valence-corrected chi connectivity index (χ4v) is 2.10. The first-order chi connectivity index (χ1) is 12.0. The quantitative estimate of drug-likeness (QED) is 0.791. The lowest BCUT2D eigenvalue weighted by Crippen LogP contribution is -2.35. The molecule has 0 aliphatic carbocycles. The van der Waals surface area contributed by atoms with E-state index in [1.807, 2.05) is 30.3 Å². The Morgan fingerprint density at radius 1 is 1.00 bits per heavy atom. The number of nitrogens with one attached hydrogen (secondary N) is 2. The van der Waals surface area contributed by atoms with Crippen LogP contribution in [0.3, 0.4) is 0 Å². The van der Waals surface area contributed by atoms with Crippen molar-refractivity contribution in [3.05, 3.63) is 65.7 Å². The molecule has 2 aromatic carbocycles. The monoisotopic (exact) mass is 340 g/mol. The van der Waals surface area contributed by atoms with Crippen LogP contribution in [0.2, 0.25) is 0 Å². The molecule has 2 aromatic rings. The molecule has 2 amide bonds. The molecule has 0 saturated carbocycles. The van der Waals surface area contributed by atoms with Crippen LogP contribution < -0.4 is 10.6 Å². The zero-order valence-electron chi connectivity index (χ0n) is 14.1. The highest BCUT2D eigenvalue weighted by Crippen LogP contribution is 2.11. The molecule has 0 aliphatic rings. The van der Waals surface area contributed by atoms with Gasteiger partial charge in [0.1, 0.15) is 0 Å². The number of anilines is 1. The fourth-order valence-electron chi connectivity index (χ4n) is 2.10. The lowest BCUT2D eigenvalue weighted by atomic mass is 10.2. The first-order valence-corrected chi connectivity index (χ1v) is 7.86. The minimum Gasteiger partial charge on any atom is -0.449 e. The molecule has 0 heterocycles. The first-order valence-electron chi connectivity index (χ1n) is 7.86. The SMILES string of the molecule is CC(=O)Nc1ccc(C(=O)O[C@@H](C)C(=O)NCc2ccccc2)cc1. The second-order valence-corrected chi connectivity index (χ2v) is 5.51. The van der Waals surface area contributed by atoms with Gasteiger partial charge in [0.15, 0.2) is 6.10 Å². The van der Waals surface area contributed by atoms with Gasteiger partial charge in [0.2, 0.25) is 5.91 Å². The van der Waals surface area contributed by atoms with Crippen LogP contribution in [-0.4, -0.2) is 23.9 Å². The van der Waals surface area contributed by atoms with Crippen LogP contribution in [0, 0.1) is 0 Å². The normalized spacial score (nSPS) is 11.3. The number of carbonyl (C=O) groups excluding carboxylic acids is 3. The summed E-state index contributed by atoms with van der Waals surface area (Å²) in [6.45, 7) is 3.29. The van der Waals surface area contributed by atoms with E-state index in [1.54, 1.807) is 12.1 Å². The van der Waals surface area contributed by atoms with Crippen molar-refractivity contribution in [3.8, 4) is 0 Å². The second-order valence-electron chi connectivity index (χ2n) is 5.51. The molecule has 1 atom stereocenters. The van der Waals surface area contributed by atoms with Crippen LogP contribution in [0.25, 0.3) is 0 Å². The highest BCUT2D eigenvalue weighted by atomic mass is 16.5. The molecule has 0 radical (unpaired) electrons. The predicted octanol–water partition coefficient (Wildman–Crippen LogP) is 2.51. The summed E-state index contributed by atoms with van der Waals surface area (Å²) < 4.78 is 5.17. The fraction of sp³-hybridized carbons (Fsp3) is 0.211.